The fourth-order valence-corrected chi connectivity index (χ4v) is 2.85. The van der Waals surface area contributed by atoms with Crippen molar-refractivity contribution in [3.05, 3.63) is 40.9 Å². The van der Waals surface area contributed by atoms with Gasteiger partial charge in [-0.2, -0.15) is 5.10 Å². The summed E-state index contributed by atoms with van der Waals surface area (Å²) in [6.45, 7) is 3.01. The van der Waals surface area contributed by atoms with E-state index >= 15 is 0 Å². The monoisotopic (exact) mass is 354 g/mol. The molecule has 1 amide bonds. The summed E-state index contributed by atoms with van der Waals surface area (Å²) in [6, 6.07) is 4.79. The first-order valence-corrected chi connectivity index (χ1v) is 8.05. The van der Waals surface area contributed by atoms with Crippen LogP contribution in [0.4, 0.5) is 0 Å². The second kappa shape index (κ2) is 6.76. The zero-order valence-electron chi connectivity index (χ0n) is 12.5. The molecular weight excluding hydrogens is 339 g/mol. The van der Waals surface area contributed by atoms with E-state index in [1.807, 2.05) is 6.92 Å². The van der Waals surface area contributed by atoms with E-state index in [0.29, 0.717) is 28.9 Å². The molecule has 1 saturated heterocycles. The first kappa shape index (κ1) is 16.1. The Hall–Kier alpha value is -1.79. The Morgan fingerprint density at radius 1 is 1.39 bits per heavy atom. The van der Waals surface area contributed by atoms with Gasteiger partial charge in [0, 0.05) is 19.0 Å². The van der Waals surface area contributed by atoms with Gasteiger partial charge in [0.2, 0.25) is 5.91 Å². The van der Waals surface area contributed by atoms with Crippen LogP contribution in [0, 0.1) is 0 Å². The number of likely N-dealkylation sites (tertiary alicyclic amines) is 1. The molecule has 8 heteroatoms. The summed E-state index contributed by atoms with van der Waals surface area (Å²) in [5.74, 6) is 0.666. The second-order valence-electron chi connectivity index (χ2n) is 5.44. The van der Waals surface area contributed by atoms with Crippen LogP contribution < -0.4 is 4.74 Å². The van der Waals surface area contributed by atoms with Gasteiger partial charge in [0.05, 0.1) is 16.6 Å². The van der Waals surface area contributed by atoms with E-state index in [4.69, 9.17) is 27.9 Å². The molecule has 0 aliphatic carbocycles. The van der Waals surface area contributed by atoms with Gasteiger partial charge in [-0.25, -0.2) is 9.67 Å². The number of amides is 1. The Balaban J connectivity index is 1.59. The van der Waals surface area contributed by atoms with Crippen LogP contribution in [0.5, 0.6) is 5.75 Å². The fourth-order valence-electron chi connectivity index (χ4n) is 2.56. The summed E-state index contributed by atoms with van der Waals surface area (Å²) >= 11 is 11.9. The third-order valence-electron chi connectivity index (χ3n) is 3.84. The minimum Gasteiger partial charge on any atom is -0.488 e. The van der Waals surface area contributed by atoms with E-state index in [2.05, 4.69) is 10.1 Å². The molecule has 1 aliphatic heterocycles. The van der Waals surface area contributed by atoms with Crippen molar-refractivity contribution in [1.82, 2.24) is 19.7 Å². The van der Waals surface area contributed by atoms with E-state index in [0.717, 1.165) is 6.42 Å². The van der Waals surface area contributed by atoms with Crippen LogP contribution in [0.2, 0.25) is 10.0 Å². The van der Waals surface area contributed by atoms with Crippen molar-refractivity contribution in [2.75, 3.05) is 13.1 Å². The minimum absolute atomic E-state index is 0.00994. The molecule has 6 nitrogen and oxygen atoms in total. The highest BCUT2D eigenvalue weighted by atomic mass is 35.5. The first-order chi connectivity index (χ1) is 11.0. The summed E-state index contributed by atoms with van der Waals surface area (Å²) in [6.07, 6.45) is 3.68. The predicted octanol–water partition coefficient (Wildman–Crippen LogP) is 2.83. The molecule has 1 aliphatic rings. The standard InChI is InChI=1S/C15H16Cl2N4O2/c1-10(21-9-18-8-19-21)15(22)20-5-4-12(7-20)23-11-2-3-13(16)14(17)6-11/h2-3,6,8-10,12H,4-5,7H2,1H3. The lowest BCUT2D eigenvalue weighted by Crippen LogP contribution is -2.36. The summed E-state index contributed by atoms with van der Waals surface area (Å²) in [4.78, 5) is 18.1. The molecule has 23 heavy (non-hydrogen) atoms. The SMILES string of the molecule is CC(C(=O)N1CCC(Oc2ccc(Cl)c(Cl)c2)C1)n1cncn1. The number of nitrogens with zero attached hydrogens (tertiary/aromatic N) is 4. The number of carbonyl (C=O) groups excluding carboxylic acids is 1. The molecule has 3 rings (SSSR count). The third-order valence-corrected chi connectivity index (χ3v) is 4.58. The van der Waals surface area contributed by atoms with Crippen LogP contribution in [0.1, 0.15) is 19.4 Å². The van der Waals surface area contributed by atoms with Gasteiger partial charge in [-0.15, -0.1) is 0 Å². The number of aromatic nitrogens is 3. The molecular formula is C15H16Cl2N4O2. The van der Waals surface area contributed by atoms with Crippen molar-refractivity contribution in [2.45, 2.75) is 25.5 Å². The summed E-state index contributed by atoms with van der Waals surface area (Å²) in [5, 5.41) is 4.96. The quantitative estimate of drug-likeness (QED) is 0.846. The zero-order valence-corrected chi connectivity index (χ0v) is 14.0. The molecule has 0 radical (unpaired) electrons. The van der Waals surface area contributed by atoms with Crippen molar-refractivity contribution < 1.29 is 9.53 Å². The molecule has 0 spiro atoms. The van der Waals surface area contributed by atoms with Crippen LogP contribution in [0.15, 0.2) is 30.9 Å². The van der Waals surface area contributed by atoms with E-state index < -0.39 is 0 Å². The second-order valence-corrected chi connectivity index (χ2v) is 6.25. The average Bonchev–Trinajstić information content (AvgIpc) is 3.21. The zero-order chi connectivity index (χ0) is 16.4. The van der Waals surface area contributed by atoms with Crippen molar-refractivity contribution in [3.8, 4) is 5.75 Å². The lowest BCUT2D eigenvalue weighted by Gasteiger charge is -2.21. The molecule has 122 valence electrons. The average molecular weight is 355 g/mol. The molecule has 0 N–H and O–H groups in total. The number of hydrogen-bond donors (Lipinski definition) is 0. The molecule has 2 unspecified atom stereocenters. The molecule has 1 fully saturated rings. The molecule has 0 bridgehead atoms. The van der Waals surface area contributed by atoms with Gasteiger partial charge in [0.1, 0.15) is 30.5 Å². The summed E-state index contributed by atoms with van der Waals surface area (Å²) in [7, 11) is 0. The Labute approximate surface area is 144 Å². The Bertz CT molecular complexity index is 693. The Morgan fingerprint density at radius 2 is 2.22 bits per heavy atom. The van der Waals surface area contributed by atoms with Crippen molar-refractivity contribution in [1.29, 1.82) is 0 Å². The first-order valence-electron chi connectivity index (χ1n) is 7.29. The highest BCUT2D eigenvalue weighted by molar-refractivity contribution is 6.42. The smallest absolute Gasteiger partial charge is 0.247 e. The van der Waals surface area contributed by atoms with E-state index in [1.165, 1.54) is 6.33 Å². The van der Waals surface area contributed by atoms with Crippen molar-refractivity contribution in [3.63, 3.8) is 0 Å². The number of carbonyl (C=O) groups is 1. The van der Waals surface area contributed by atoms with Gasteiger partial charge < -0.3 is 9.64 Å². The van der Waals surface area contributed by atoms with E-state index in [1.54, 1.807) is 34.1 Å². The van der Waals surface area contributed by atoms with Crippen molar-refractivity contribution >= 4 is 29.1 Å². The molecule has 1 aromatic carbocycles. The Kier molecular flexibility index (Phi) is 4.73. The maximum atomic E-state index is 12.5. The van der Waals surface area contributed by atoms with Crippen LogP contribution in [0.25, 0.3) is 0 Å². The highest BCUT2D eigenvalue weighted by Crippen LogP contribution is 2.28. The van der Waals surface area contributed by atoms with Crippen molar-refractivity contribution in [2.24, 2.45) is 0 Å². The number of hydrogen-bond acceptors (Lipinski definition) is 4. The molecule has 2 heterocycles. The third kappa shape index (κ3) is 3.59. The highest BCUT2D eigenvalue weighted by Gasteiger charge is 2.31. The maximum Gasteiger partial charge on any atom is 0.247 e. The van der Waals surface area contributed by atoms with Gasteiger partial charge in [-0.1, -0.05) is 23.2 Å². The number of halogens is 2. The summed E-state index contributed by atoms with van der Waals surface area (Å²) in [5.41, 5.74) is 0. The molecule has 0 saturated carbocycles. The number of ether oxygens (including phenoxy) is 1. The van der Waals surface area contributed by atoms with Crippen LogP contribution in [-0.4, -0.2) is 44.8 Å². The maximum absolute atomic E-state index is 12.5. The summed E-state index contributed by atoms with van der Waals surface area (Å²) < 4.78 is 7.44. The fraction of sp³-hybridized carbons (Fsp3) is 0.400. The van der Waals surface area contributed by atoms with E-state index in [9.17, 15) is 4.79 Å². The van der Waals surface area contributed by atoms with Gasteiger partial charge in [-0.05, 0) is 19.1 Å². The van der Waals surface area contributed by atoms with Gasteiger partial charge in [0.25, 0.3) is 0 Å². The van der Waals surface area contributed by atoms with Crippen LogP contribution in [-0.2, 0) is 4.79 Å². The van der Waals surface area contributed by atoms with Crippen LogP contribution >= 0.6 is 23.2 Å². The lowest BCUT2D eigenvalue weighted by molar-refractivity contribution is -0.133. The van der Waals surface area contributed by atoms with Gasteiger partial charge in [0.15, 0.2) is 0 Å². The Morgan fingerprint density at radius 3 is 2.91 bits per heavy atom. The van der Waals surface area contributed by atoms with Gasteiger partial charge >= 0.3 is 0 Å². The van der Waals surface area contributed by atoms with E-state index in [-0.39, 0.29) is 18.1 Å². The molecule has 2 aromatic rings. The molecule has 2 atom stereocenters. The number of benzene rings is 1. The topological polar surface area (TPSA) is 60.2 Å². The van der Waals surface area contributed by atoms with Crippen LogP contribution in [0.3, 0.4) is 0 Å². The predicted molar refractivity (Wildman–Crippen MR) is 86.8 cm³/mol. The normalized spacial score (nSPS) is 18.9. The largest absolute Gasteiger partial charge is 0.488 e. The lowest BCUT2D eigenvalue weighted by atomic mass is 10.3. The molecule has 1 aromatic heterocycles. The number of rotatable bonds is 4. The minimum atomic E-state index is -0.374. The van der Waals surface area contributed by atoms with Gasteiger partial charge in [-0.3, -0.25) is 4.79 Å².